The molecular formula is C27H40O5. The molecule has 178 valence electrons. The Balaban J connectivity index is 1.39. The molecule has 0 bridgehead atoms. The highest BCUT2D eigenvalue weighted by Crippen LogP contribution is 2.21. The molecule has 0 aliphatic carbocycles. The minimum Gasteiger partial charge on any atom is -0.462 e. The summed E-state index contributed by atoms with van der Waals surface area (Å²) < 4.78 is 9.83. The monoisotopic (exact) mass is 444 g/mol. The van der Waals surface area contributed by atoms with Crippen LogP contribution in [0.4, 0.5) is 0 Å². The molecule has 5 heteroatoms. The third-order valence-electron chi connectivity index (χ3n) is 6.11. The van der Waals surface area contributed by atoms with Crippen LogP contribution >= 0.6 is 0 Å². The lowest BCUT2D eigenvalue weighted by Gasteiger charge is -2.06. The summed E-state index contributed by atoms with van der Waals surface area (Å²) in [5.41, 5.74) is 0.600. The van der Waals surface area contributed by atoms with E-state index in [0.717, 1.165) is 12.8 Å². The first-order valence-electron chi connectivity index (χ1n) is 12.7. The van der Waals surface area contributed by atoms with Crippen LogP contribution < -0.4 is 0 Å². The van der Waals surface area contributed by atoms with Crippen molar-refractivity contribution in [3.8, 4) is 0 Å². The van der Waals surface area contributed by atoms with E-state index in [0.29, 0.717) is 6.61 Å². The van der Waals surface area contributed by atoms with Gasteiger partial charge in [0.15, 0.2) is 0 Å². The van der Waals surface area contributed by atoms with Crippen LogP contribution in [0.15, 0.2) is 18.2 Å². The van der Waals surface area contributed by atoms with Crippen LogP contribution in [0.5, 0.6) is 0 Å². The number of cyclic esters (lactones) is 2. The molecule has 1 heterocycles. The summed E-state index contributed by atoms with van der Waals surface area (Å²) in [4.78, 5) is 35.2. The molecule has 0 saturated carbocycles. The third-order valence-corrected chi connectivity index (χ3v) is 6.11. The molecule has 1 aromatic carbocycles. The van der Waals surface area contributed by atoms with Crippen molar-refractivity contribution in [2.75, 3.05) is 6.61 Å². The van der Waals surface area contributed by atoms with E-state index in [1.165, 1.54) is 108 Å². The van der Waals surface area contributed by atoms with Crippen molar-refractivity contribution in [1.82, 2.24) is 0 Å². The standard InChI is InChI=1S/C27H40O5/c1-2-3-4-5-6-7-8-9-10-11-12-13-14-15-16-17-20-31-25(28)22-18-19-23-24(21-22)27(30)32-26(23)29/h18-19,21H,2-17,20H2,1H3. The van der Waals surface area contributed by atoms with Gasteiger partial charge in [-0.15, -0.1) is 0 Å². The molecular weight excluding hydrogens is 404 g/mol. The molecule has 0 fully saturated rings. The summed E-state index contributed by atoms with van der Waals surface area (Å²) in [6, 6.07) is 4.31. The van der Waals surface area contributed by atoms with Crippen LogP contribution in [0, 0.1) is 0 Å². The van der Waals surface area contributed by atoms with E-state index in [4.69, 9.17) is 4.74 Å². The van der Waals surface area contributed by atoms with E-state index < -0.39 is 17.9 Å². The zero-order valence-electron chi connectivity index (χ0n) is 19.8. The lowest BCUT2D eigenvalue weighted by atomic mass is 10.0. The molecule has 0 aromatic heterocycles. The normalized spacial score (nSPS) is 12.7. The number of carbonyl (C=O) groups excluding carboxylic acids is 3. The summed E-state index contributed by atoms with van der Waals surface area (Å²) in [6.45, 7) is 2.64. The molecule has 0 atom stereocenters. The van der Waals surface area contributed by atoms with Crippen molar-refractivity contribution in [3.05, 3.63) is 34.9 Å². The number of carbonyl (C=O) groups is 3. The maximum Gasteiger partial charge on any atom is 0.346 e. The topological polar surface area (TPSA) is 69.7 Å². The van der Waals surface area contributed by atoms with Gasteiger partial charge < -0.3 is 9.47 Å². The Morgan fingerprint density at radius 1 is 0.688 bits per heavy atom. The van der Waals surface area contributed by atoms with Gasteiger partial charge in [-0.3, -0.25) is 0 Å². The van der Waals surface area contributed by atoms with Gasteiger partial charge in [0.05, 0.1) is 23.3 Å². The van der Waals surface area contributed by atoms with Crippen LogP contribution in [0.25, 0.3) is 0 Å². The molecule has 0 spiro atoms. The average Bonchev–Trinajstić information content (AvgIpc) is 3.08. The van der Waals surface area contributed by atoms with Gasteiger partial charge in [0, 0.05) is 0 Å². The molecule has 1 aliphatic heterocycles. The number of rotatable bonds is 18. The Bertz CT molecular complexity index is 725. The minimum atomic E-state index is -0.711. The highest BCUT2D eigenvalue weighted by molar-refractivity contribution is 6.15. The molecule has 0 amide bonds. The number of unbranched alkanes of at least 4 members (excludes halogenated alkanes) is 15. The fourth-order valence-corrected chi connectivity index (χ4v) is 4.11. The van der Waals surface area contributed by atoms with Gasteiger partial charge in [0.25, 0.3) is 0 Å². The molecule has 0 N–H and O–H groups in total. The first kappa shape index (κ1) is 26.1. The van der Waals surface area contributed by atoms with E-state index in [1.807, 2.05) is 0 Å². The Hall–Kier alpha value is -2.17. The molecule has 0 saturated heterocycles. The zero-order chi connectivity index (χ0) is 23.0. The Morgan fingerprint density at radius 2 is 1.16 bits per heavy atom. The van der Waals surface area contributed by atoms with E-state index in [1.54, 1.807) is 0 Å². The minimum absolute atomic E-state index is 0.131. The van der Waals surface area contributed by atoms with E-state index in [2.05, 4.69) is 11.7 Å². The van der Waals surface area contributed by atoms with Crippen molar-refractivity contribution < 1.29 is 23.9 Å². The quantitative estimate of drug-likeness (QED) is 0.134. The highest BCUT2D eigenvalue weighted by Gasteiger charge is 2.30. The first-order valence-corrected chi connectivity index (χ1v) is 12.7. The summed E-state index contributed by atoms with van der Waals surface area (Å²) in [5, 5.41) is 0. The fraction of sp³-hybridized carbons (Fsp3) is 0.667. The van der Waals surface area contributed by atoms with Crippen molar-refractivity contribution in [2.45, 2.75) is 110 Å². The molecule has 2 rings (SSSR count). The van der Waals surface area contributed by atoms with Crippen LogP contribution in [-0.2, 0) is 9.47 Å². The van der Waals surface area contributed by atoms with Crippen molar-refractivity contribution in [2.24, 2.45) is 0 Å². The van der Waals surface area contributed by atoms with Crippen LogP contribution in [0.2, 0.25) is 0 Å². The zero-order valence-corrected chi connectivity index (χ0v) is 19.8. The number of fused-ring (bicyclic) bond motifs is 1. The van der Waals surface area contributed by atoms with Gasteiger partial charge in [-0.05, 0) is 24.6 Å². The average molecular weight is 445 g/mol. The van der Waals surface area contributed by atoms with Gasteiger partial charge in [-0.1, -0.05) is 103 Å². The van der Waals surface area contributed by atoms with Crippen molar-refractivity contribution in [3.63, 3.8) is 0 Å². The van der Waals surface area contributed by atoms with Crippen molar-refractivity contribution in [1.29, 1.82) is 0 Å². The van der Waals surface area contributed by atoms with E-state index in [9.17, 15) is 14.4 Å². The molecule has 5 nitrogen and oxygen atoms in total. The van der Waals surface area contributed by atoms with Gasteiger partial charge in [-0.2, -0.15) is 0 Å². The number of benzene rings is 1. The fourth-order valence-electron chi connectivity index (χ4n) is 4.11. The Morgan fingerprint density at radius 3 is 1.69 bits per heavy atom. The maximum atomic E-state index is 12.1. The number of ether oxygens (including phenoxy) is 2. The lowest BCUT2D eigenvalue weighted by molar-refractivity contribution is 0.0442. The van der Waals surface area contributed by atoms with Gasteiger partial charge in [-0.25, -0.2) is 14.4 Å². The molecule has 1 aliphatic rings. The van der Waals surface area contributed by atoms with Gasteiger partial charge in [0.1, 0.15) is 0 Å². The highest BCUT2D eigenvalue weighted by atomic mass is 16.6. The lowest BCUT2D eigenvalue weighted by Crippen LogP contribution is -2.08. The second-order valence-corrected chi connectivity index (χ2v) is 8.88. The summed E-state index contributed by atoms with van der Waals surface area (Å²) >= 11 is 0. The second kappa shape index (κ2) is 15.6. The van der Waals surface area contributed by atoms with Crippen LogP contribution in [0.1, 0.15) is 141 Å². The van der Waals surface area contributed by atoms with Crippen LogP contribution in [-0.4, -0.2) is 24.5 Å². The molecule has 0 unspecified atom stereocenters. The van der Waals surface area contributed by atoms with Gasteiger partial charge in [0.2, 0.25) is 0 Å². The predicted octanol–water partition coefficient (Wildman–Crippen LogP) is 7.42. The maximum absolute atomic E-state index is 12.1. The Kier molecular flexibility index (Phi) is 12.7. The van der Waals surface area contributed by atoms with Crippen molar-refractivity contribution >= 4 is 17.9 Å². The summed E-state index contributed by atoms with van der Waals surface area (Å²) in [6.07, 6.45) is 20.8. The van der Waals surface area contributed by atoms with Gasteiger partial charge >= 0.3 is 17.9 Å². The van der Waals surface area contributed by atoms with E-state index >= 15 is 0 Å². The SMILES string of the molecule is CCCCCCCCCCCCCCCCCCOC(=O)c1ccc2c(c1)C(=O)OC2=O. The number of hydrogen-bond acceptors (Lipinski definition) is 5. The first-order chi connectivity index (χ1) is 15.6. The third kappa shape index (κ3) is 9.54. The largest absolute Gasteiger partial charge is 0.462 e. The Labute approximate surface area is 193 Å². The number of hydrogen-bond donors (Lipinski definition) is 0. The summed E-state index contributed by atoms with van der Waals surface area (Å²) in [7, 11) is 0. The number of esters is 3. The second-order valence-electron chi connectivity index (χ2n) is 8.88. The summed E-state index contributed by atoms with van der Waals surface area (Å²) in [5.74, 6) is -1.85. The van der Waals surface area contributed by atoms with Crippen LogP contribution in [0.3, 0.4) is 0 Å². The smallest absolute Gasteiger partial charge is 0.346 e. The predicted molar refractivity (Wildman–Crippen MR) is 126 cm³/mol. The molecule has 1 aromatic rings. The molecule has 32 heavy (non-hydrogen) atoms. The van der Waals surface area contributed by atoms with E-state index in [-0.39, 0.29) is 16.7 Å². The molecule has 0 radical (unpaired) electrons.